The summed E-state index contributed by atoms with van der Waals surface area (Å²) in [5.41, 5.74) is 1.05. The minimum absolute atomic E-state index is 0.0410. The Labute approximate surface area is 224 Å². The number of esters is 1. The van der Waals surface area contributed by atoms with Crippen molar-refractivity contribution >= 4 is 22.9 Å². The molecule has 8 heteroatoms. The summed E-state index contributed by atoms with van der Waals surface area (Å²) < 4.78 is 6.81. The van der Waals surface area contributed by atoms with Gasteiger partial charge in [-0.25, -0.2) is 9.78 Å². The molecule has 6 rings (SSSR count). The van der Waals surface area contributed by atoms with Crippen LogP contribution in [0.5, 0.6) is 0 Å². The Bertz CT molecular complexity index is 1240. The summed E-state index contributed by atoms with van der Waals surface area (Å²) in [6, 6.07) is 8.70. The molecule has 4 atom stereocenters. The minimum atomic E-state index is -0.656. The minimum Gasteiger partial charge on any atom is -0.467 e. The largest absolute Gasteiger partial charge is 0.467 e. The molecule has 1 saturated carbocycles. The number of hydrogen-bond donors (Lipinski definition) is 0. The lowest BCUT2D eigenvalue weighted by Gasteiger charge is -2.45. The summed E-state index contributed by atoms with van der Waals surface area (Å²) in [4.78, 5) is 48.9. The number of ether oxygens (including phenoxy) is 1. The van der Waals surface area contributed by atoms with Crippen molar-refractivity contribution in [3.05, 3.63) is 40.3 Å². The first-order chi connectivity index (χ1) is 18.6. The number of hydrogen-bond acceptors (Lipinski definition) is 6. The standard InChI is InChI=1S/C30H40N4O4/c1-38-30(37)26-14-9-17-32(26)28(35)27-29(36)34(25-13-8-7-12-24(25)31-27)23-18-21-15-16-22(19-23)33(21)20-10-5-3-2-4-6-11-20/h7-8,12-13,20-23,26H,2-6,9-11,14-19H2,1H3/t21-,22+,23+,26?. The van der Waals surface area contributed by atoms with Gasteiger partial charge >= 0.3 is 5.97 Å². The summed E-state index contributed by atoms with van der Waals surface area (Å²) in [6.45, 7) is 0.427. The number of carbonyl (C=O) groups excluding carboxylic acids is 2. The van der Waals surface area contributed by atoms with Crippen LogP contribution in [0.2, 0.25) is 0 Å². The van der Waals surface area contributed by atoms with Gasteiger partial charge in [-0.15, -0.1) is 0 Å². The van der Waals surface area contributed by atoms with Crippen LogP contribution in [0, 0.1) is 0 Å². The highest BCUT2D eigenvalue weighted by atomic mass is 16.5. The molecule has 1 amide bonds. The fourth-order valence-electron chi connectivity index (χ4n) is 7.91. The van der Waals surface area contributed by atoms with Crippen LogP contribution in [0.3, 0.4) is 0 Å². The van der Waals surface area contributed by atoms with Crippen LogP contribution in [0.15, 0.2) is 29.1 Å². The maximum Gasteiger partial charge on any atom is 0.328 e. The second-order valence-corrected chi connectivity index (χ2v) is 11.8. The fraction of sp³-hybridized carbons (Fsp3) is 0.667. The number of piperidine rings is 1. The number of fused-ring (bicyclic) bond motifs is 3. The van der Waals surface area contributed by atoms with Crippen LogP contribution in [0.4, 0.5) is 0 Å². The second kappa shape index (κ2) is 10.8. The fourth-order valence-corrected chi connectivity index (χ4v) is 7.91. The molecular weight excluding hydrogens is 480 g/mol. The van der Waals surface area contributed by atoms with Gasteiger partial charge in [0, 0.05) is 30.7 Å². The van der Waals surface area contributed by atoms with E-state index < -0.39 is 17.9 Å². The smallest absolute Gasteiger partial charge is 0.328 e. The van der Waals surface area contributed by atoms with Crippen LogP contribution in [0.25, 0.3) is 11.0 Å². The number of nitrogens with zero attached hydrogens (tertiary/aromatic N) is 4. The van der Waals surface area contributed by atoms with E-state index in [0.717, 1.165) is 18.4 Å². The monoisotopic (exact) mass is 520 g/mol. The van der Waals surface area contributed by atoms with Crippen LogP contribution >= 0.6 is 0 Å². The molecule has 4 heterocycles. The van der Waals surface area contributed by atoms with Gasteiger partial charge in [0.1, 0.15) is 6.04 Å². The van der Waals surface area contributed by atoms with Crippen LogP contribution in [-0.4, -0.2) is 69.0 Å². The highest BCUT2D eigenvalue weighted by molar-refractivity contribution is 5.96. The zero-order valence-electron chi connectivity index (χ0n) is 22.5. The Kier molecular flexibility index (Phi) is 7.25. The van der Waals surface area contributed by atoms with Gasteiger partial charge in [0.05, 0.1) is 18.1 Å². The molecule has 1 unspecified atom stereocenters. The summed E-state index contributed by atoms with van der Waals surface area (Å²) in [7, 11) is 1.34. The van der Waals surface area contributed by atoms with E-state index in [1.165, 1.54) is 69.8 Å². The van der Waals surface area contributed by atoms with E-state index in [0.29, 0.717) is 43.0 Å². The van der Waals surface area contributed by atoms with Gasteiger partial charge in [-0.1, -0.05) is 44.2 Å². The Morgan fingerprint density at radius 1 is 0.842 bits per heavy atom. The first-order valence-electron chi connectivity index (χ1n) is 14.7. The second-order valence-electron chi connectivity index (χ2n) is 11.8. The lowest BCUT2D eigenvalue weighted by Crippen LogP contribution is -2.50. The molecule has 1 aromatic heterocycles. The van der Waals surface area contributed by atoms with Gasteiger partial charge in [0.15, 0.2) is 5.69 Å². The van der Waals surface area contributed by atoms with E-state index in [-0.39, 0.29) is 17.3 Å². The summed E-state index contributed by atoms with van der Waals surface area (Å²) in [5, 5.41) is 0. The molecule has 2 aromatic rings. The lowest BCUT2D eigenvalue weighted by molar-refractivity contribution is -0.145. The molecule has 0 radical (unpaired) electrons. The number of rotatable bonds is 4. The van der Waals surface area contributed by atoms with Crippen molar-refractivity contribution in [2.45, 2.75) is 114 Å². The zero-order chi connectivity index (χ0) is 26.2. The topological polar surface area (TPSA) is 84.7 Å². The third-order valence-corrected chi connectivity index (χ3v) is 9.61. The molecule has 0 N–H and O–H groups in total. The highest BCUT2D eigenvalue weighted by Gasteiger charge is 2.45. The Hall–Kier alpha value is -2.74. The number of amides is 1. The van der Waals surface area contributed by atoms with E-state index >= 15 is 0 Å². The Morgan fingerprint density at radius 2 is 1.53 bits per heavy atom. The maximum absolute atomic E-state index is 14.1. The average molecular weight is 521 g/mol. The van der Waals surface area contributed by atoms with Gasteiger partial charge in [0.25, 0.3) is 11.5 Å². The van der Waals surface area contributed by atoms with E-state index in [1.807, 2.05) is 28.8 Å². The van der Waals surface area contributed by atoms with Gasteiger partial charge in [-0.2, -0.15) is 0 Å². The van der Waals surface area contributed by atoms with Gasteiger partial charge in [-0.3, -0.25) is 14.5 Å². The third kappa shape index (κ3) is 4.55. The lowest BCUT2D eigenvalue weighted by atomic mass is 9.89. The third-order valence-electron chi connectivity index (χ3n) is 9.61. The first-order valence-corrected chi connectivity index (χ1v) is 14.7. The normalized spacial score (nSPS) is 28.8. The number of carbonyl (C=O) groups is 2. The van der Waals surface area contributed by atoms with Crippen molar-refractivity contribution in [1.29, 1.82) is 0 Å². The average Bonchev–Trinajstić information content (AvgIpc) is 3.50. The summed E-state index contributed by atoms with van der Waals surface area (Å²) in [6.07, 6.45) is 14.8. The number of aromatic nitrogens is 2. The molecule has 1 aliphatic carbocycles. The van der Waals surface area contributed by atoms with Crippen molar-refractivity contribution in [3.8, 4) is 0 Å². The SMILES string of the molecule is COC(=O)C1CCCN1C(=O)c1nc2ccccc2n([C@H]2C[C@H]3CC[C@@H](C2)N3C2CCCCCCC2)c1=O. The van der Waals surface area contributed by atoms with E-state index in [1.54, 1.807) is 0 Å². The Balaban J connectivity index is 1.33. The number of methoxy groups -OCH3 is 1. The van der Waals surface area contributed by atoms with Crippen molar-refractivity contribution in [3.63, 3.8) is 0 Å². The molecule has 8 nitrogen and oxygen atoms in total. The van der Waals surface area contributed by atoms with Crippen LogP contribution in [-0.2, 0) is 9.53 Å². The number of para-hydroxylation sites is 2. The Morgan fingerprint density at radius 3 is 2.24 bits per heavy atom. The number of likely N-dealkylation sites (tertiary alicyclic amines) is 1. The molecule has 2 bridgehead atoms. The van der Waals surface area contributed by atoms with Crippen LogP contribution < -0.4 is 5.56 Å². The molecular formula is C30H40N4O4. The first kappa shape index (κ1) is 25.5. The quantitative estimate of drug-likeness (QED) is 0.554. The van der Waals surface area contributed by atoms with Crippen molar-refractivity contribution in [2.24, 2.45) is 0 Å². The molecule has 0 spiro atoms. The molecule has 3 saturated heterocycles. The van der Waals surface area contributed by atoms with E-state index in [9.17, 15) is 14.4 Å². The van der Waals surface area contributed by atoms with Gasteiger partial charge in [0.2, 0.25) is 0 Å². The van der Waals surface area contributed by atoms with Crippen molar-refractivity contribution < 1.29 is 14.3 Å². The molecule has 3 aliphatic heterocycles. The van der Waals surface area contributed by atoms with Gasteiger partial charge < -0.3 is 14.2 Å². The van der Waals surface area contributed by atoms with E-state index in [2.05, 4.69) is 9.88 Å². The maximum atomic E-state index is 14.1. The van der Waals surface area contributed by atoms with Crippen molar-refractivity contribution in [1.82, 2.24) is 19.4 Å². The zero-order valence-corrected chi connectivity index (χ0v) is 22.5. The molecule has 4 fully saturated rings. The molecule has 1 aromatic carbocycles. The van der Waals surface area contributed by atoms with E-state index in [4.69, 9.17) is 4.74 Å². The molecule has 4 aliphatic rings. The van der Waals surface area contributed by atoms with Crippen LogP contribution in [0.1, 0.15) is 100 Å². The predicted octanol–water partition coefficient (Wildman–Crippen LogP) is 4.45. The number of benzene rings is 1. The van der Waals surface area contributed by atoms with Gasteiger partial charge in [-0.05, 0) is 63.5 Å². The van der Waals surface area contributed by atoms with Crippen molar-refractivity contribution in [2.75, 3.05) is 13.7 Å². The molecule has 38 heavy (non-hydrogen) atoms. The summed E-state index contributed by atoms with van der Waals surface area (Å²) in [5.74, 6) is -0.896. The highest BCUT2D eigenvalue weighted by Crippen LogP contribution is 2.44. The summed E-state index contributed by atoms with van der Waals surface area (Å²) >= 11 is 0. The predicted molar refractivity (Wildman–Crippen MR) is 145 cm³/mol. The molecule has 204 valence electrons.